The van der Waals surface area contributed by atoms with Gasteiger partial charge in [0.1, 0.15) is 6.34 Å². The van der Waals surface area contributed by atoms with Gasteiger partial charge in [0.05, 0.1) is 0 Å². The lowest BCUT2D eigenvalue weighted by atomic mass is 9.83. The predicted octanol–water partition coefficient (Wildman–Crippen LogP) is 4.99. The number of nitrogens with zero attached hydrogens (tertiary/aromatic N) is 2. The minimum absolute atomic E-state index is 0.122. The van der Waals surface area contributed by atoms with Crippen molar-refractivity contribution >= 4 is 12.6 Å². The van der Waals surface area contributed by atoms with Gasteiger partial charge in [-0.15, -0.1) is 0 Å². The van der Waals surface area contributed by atoms with Gasteiger partial charge in [0.2, 0.25) is 0 Å². The van der Waals surface area contributed by atoms with Gasteiger partial charge in [-0.1, -0.05) is 56.2 Å². The lowest BCUT2D eigenvalue weighted by molar-refractivity contribution is 0.438. The van der Waals surface area contributed by atoms with Gasteiger partial charge < -0.3 is 0 Å². The van der Waals surface area contributed by atoms with Crippen molar-refractivity contribution < 1.29 is 0 Å². The first-order chi connectivity index (χ1) is 9.04. The highest BCUT2D eigenvalue weighted by Crippen LogP contribution is 2.25. The van der Waals surface area contributed by atoms with Gasteiger partial charge in [0.15, 0.2) is 0 Å². The second kappa shape index (κ2) is 10.5. The van der Waals surface area contributed by atoms with Crippen LogP contribution in [0.15, 0.2) is 45.9 Å². The normalized spacial score (nSPS) is 15.8. The summed E-state index contributed by atoms with van der Waals surface area (Å²) in [7, 11) is 1.74. The van der Waals surface area contributed by atoms with Crippen molar-refractivity contribution in [1.29, 1.82) is 0 Å². The quantitative estimate of drug-likeness (QED) is 0.334. The van der Waals surface area contributed by atoms with Crippen LogP contribution in [0.5, 0.6) is 0 Å². The summed E-state index contributed by atoms with van der Waals surface area (Å²) in [6, 6.07) is 0. The third kappa shape index (κ3) is 10.2. The van der Waals surface area contributed by atoms with E-state index in [2.05, 4.69) is 68.1 Å². The molecule has 0 aromatic carbocycles. The van der Waals surface area contributed by atoms with Gasteiger partial charge in [-0.05, 0) is 26.7 Å². The molecule has 19 heavy (non-hydrogen) atoms. The Morgan fingerprint density at radius 1 is 1.16 bits per heavy atom. The first-order valence-electron chi connectivity index (χ1n) is 6.95. The molecule has 0 saturated carbocycles. The summed E-state index contributed by atoms with van der Waals surface area (Å²) in [6.45, 7) is 8.64. The highest BCUT2D eigenvalue weighted by molar-refractivity contribution is 5.76. The van der Waals surface area contributed by atoms with E-state index in [1.54, 1.807) is 13.4 Å². The van der Waals surface area contributed by atoms with Crippen LogP contribution in [0.1, 0.15) is 47.0 Å². The number of allylic oxidation sites excluding steroid dienone is 6. The summed E-state index contributed by atoms with van der Waals surface area (Å²) in [5.74, 6) is 0. The largest absolute Gasteiger partial charge is 0.277 e. The van der Waals surface area contributed by atoms with E-state index in [1.165, 1.54) is 5.57 Å². The Morgan fingerprint density at radius 2 is 1.89 bits per heavy atom. The van der Waals surface area contributed by atoms with E-state index in [9.17, 15) is 0 Å². The molecule has 2 heteroatoms. The van der Waals surface area contributed by atoms with E-state index in [4.69, 9.17) is 0 Å². The van der Waals surface area contributed by atoms with Crippen LogP contribution < -0.4 is 0 Å². The maximum Gasteiger partial charge on any atom is 0.109 e. The lowest BCUT2D eigenvalue weighted by Gasteiger charge is -2.22. The van der Waals surface area contributed by atoms with E-state index in [0.717, 1.165) is 19.3 Å². The van der Waals surface area contributed by atoms with Crippen LogP contribution in [0, 0.1) is 5.41 Å². The summed E-state index contributed by atoms with van der Waals surface area (Å²) in [6.07, 6.45) is 17.5. The van der Waals surface area contributed by atoms with E-state index in [1.807, 2.05) is 6.21 Å². The Labute approximate surface area is 118 Å². The molecule has 0 spiro atoms. The molecule has 1 atom stereocenters. The minimum Gasteiger partial charge on any atom is -0.277 e. The minimum atomic E-state index is 0.122. The molecule has 0 rings (SSSR count). The van der Waals surface area contributed by atoms with Crippen LogP contribution in [0.2, 0.25) is 0 Å². The van der Waals surface area contributed by atoms with Crippen LogP contribution in [-0.2, 0) is 0 Å². The molecule has 0 heterocycles. The molecule has 0 aromatic heterocycles. The molecule has 0 bridgehead atoms. The monoisotopic (exact) mass is 260 g/mol. The smallest absolute Gasteiger partial charge is 0.109 e. The Kier molecular flexibility index (Phi) is 9.69. The molecular weight excluding hydrogens is 232 g/mol. The molecule has 2 nitrogen and oxygen atoms in total. The lowest BCUT2D eigenvalue weighted by Crippen LogP contribution is -2.17. The van der Waals surface area contributed by atoms with Crippen LogP contribution in [0.4, 0.5) is 0 Å². The molecule has 0 aliphatic heterocycles. The summed E-state index contributed by atoms with van der Waals surface area (Å²) in [5.41, 5.74) is 1.43. The van der Waals surface area contributed by atoms with Gasteiger partial charge in [-0.2, -0.15) is 0 Å². The first-order valence-corrected chi connectivity index (χ1v) is 6.95. The second-order valence-corrected chi connectivity index (χ2v) is 5.32. The van der Waals surface area contributed by atoms with Crippen LogP contribution in [0.3, 0.4) is 0 Å². The number of hydrogen-bond acceptors (Lipinski definition) is 1. The predicted molar refractivity (Wildman–Crippen MR) is 88.3 cm³/mol. The van der Waals surface area contributed by atoms with E-state index in [0.29, 0.717) is 0 Å². The molecule has 0 saturated heterocycles. The molecule has 0 N–H and O–H groups in total. The SMILES string of the molecule is CCCC(C)(/C=N\C=N/C)C/C=C\C=C/C=C(C)C. The van der Waals surface area contributed by atoms with E-state index < -0.39 is 0 Å². The van der Waals surface area contributed by atoms with Crippen molar-refractivity contribution in [3.8, 4) is 0 Å². The molecule has 0 aliphatic carbocycles. The third-order valence-electron chi connectivity index (χ3n) is 2.76. The zero-order valence-electron chi connectivity index (χ0n) is 13.1. The van der Waals surface area contributed by atoms with E-state index in [-0.39, 0.29) is 5.41 Å². The first kappa shape index (κ1) is 17.6. The third-order valence-corrected chi connectivity index (χ3v) is 2.76. The molecule has 0 fully saturated rings. The van der Waals surface area contributed by atoms with Crippen LogP contribution in [0.25, 0.3) is 0 Å². The van der Waals surface area contributed by atoms with Crippen LogP contribution >= 0.6 is 0 Å². The molecule has 0 aromatic rings. The average molecular weight is 260 g/mol. The maximum atomic E-state index is 4.24. The van der Waals surface area contributed by atoms with Crippen molar-refractivity contribution in [2.45, 2.75) is 47.0 Å². The van der Waals surface area contributed by atoms with Crippen molar-refractivity contribution in [2.75, 3.05) is 7.05 Å². The van der Waals surface area contributed by atoms with Gasteiger partial charge in [0, 0.05) is 18.7 Å². The Balaban J connectivity index is 4.46. The van der Waals surface area contributed by atoms with Gasteiger partial charge >= 0.3 is 0 Å². The van der Waals surface area contributed by atoms with Gasteiger partial charge in [0.25, 0.3) is 0 Å². The average Bonchev–Trinajstić information content (AvgIpc) is 2.34. The number of aliphatic imine (C=N–C) groups is 2. The van der Waals surface area contributed by atoms with Crippen molar-refractivity contribution in [3.05, 3.63) is 36.0 Å². The zero-order chi connectivity index (χ0) is 14.6. The fourth-order valence-electron chi connectivity index (χ4n) is 1.80. The highest BCUT2D eigenvalue weighted by Gasteiger charge is 2.18. The second-order valence-electron chi connectivity index (χ2n) is 5.32. The fourth-order valence-corrected chi connectivity index (χ4v) is 1.80. The Hall–Kier alpha value is -1.44. The summed E-state index contributed by atoms with van der Waals surface area (Å²) < 4.78 is 0. The summed E-state index contributed by atoms with van der Waals surface area (Å²) in [4.78, 5) is 8.12. The standard InChI is InChI=1S/C17H28N2/c1-6-12-17(4,14-19-15-18-5)13-10-8-7-9-11-16(2)3/h7-11,14-15H,6,12-13H2,1-5H3/b9-7-,10-8-,18-15-,19-14-. The van der Waals surface area contributed by atoms with Gasteiger partial charge in [-0.25, -0.2) is 4.99 Å². The summed E-state index contributed by atoms with van der Waals surface area (Å²) >= 11 is 0. The van der Waals surface area contributed by atoms with E-state index >= 15 is 0 Å². The molecule has 1 unspecified atom stereocenters. The fraction of sp³-hybridized carbons (Fsp3) is 0.529. The molecule has 0 amide bonds. The molecule has 106 valence electrons. The molecule has 0 radical (unpaired) electrons. The zero-order valence-corrected chi connectivity index (χ0v) is 13.1. The van der Waals surface area contributed by atoms with Crippen molar-refractivity contribution in [2.24, 2.45) is 15.4 Å². The molecular formula is C17H28N2. The van der Waals surface area contributed by atoms with Crippen LogP contribution in [-0.4, -0.2) is 19.6 Å². The summed E-state index contributed by atoms with van der Waals surface area (Å²) in [5, 5.41) is 0. The van der Waals surface area contributed by atoms with Crippen molar-refractivity contribution in [1.82, 2.24) is 0 Å². The number of rotatable bonds is 8. The van der Waals surface area contributed by atoms with Crippen molar-refractivity contribution in [3.63, 3.8) is 0 Å². The Bertz CT molecular complexity index is 369. The highest BCUT2D eigenvalue weighted by atomic mass is 14.8. The maximum absolute atomic E-state index is 4.24. The number of hydrogen-bond donors (Lipinski definition) is 0. The van der Waals surface area contributed by atoms with Gasteiger partial charge in [-0.3, -0.25) is 4.99 Å². The topological polar surface area (TPSA) is 24.7 Å². The Morgan fingerprint density at radius 3 is 2.47 bits per heavy atom. The molecule has 0 aliphatic rings.